The minimum absolute atomic E-state index is 0.00997. The number of hydrogen-bond acceptors (Lipinski definition) is 6. The van der Waals surface area contributed by atoms with E-state index in [0.717, 1.165) is 0 Å². The average molecular weight is 455 g/mol. The summed E-state index contributed by atoms with van der Waals surface area (Å²) in [6.45, 7) is 6.36. The number of piperazine rings is 1. The fraction of sp³-hybridized carbons (Fsp3) is 0.450. The van der Waals surface area contributed by atoms with Crippen LogP contribution in [0.1, 0.15) is 20.8 Å². The number of nitrogens with zero attached hydrogens (tertiary/aromatic N) is 4. The predicted octanol–water partition coefficient (Wildman–Crippen LogP) is 4.45. The van der Waals surface area contributed by atoms with Gasteiger partial charge in [-0.1, -0.05) is 23.8 Å². The Morgan fingerprint density at radius 1 is 1.20 bits per heavy atom. The molecular formula is C20H21Cl2FN4O3. The van der Waals surface area contributed by atoms with Crippen LogP contribution in [0.25, 0.3) is 10.9 Å². The minimum atomic E-state index is -0.688. The molecule has 2 unspecified atom stereocenters. The number of hydrogen-bond donors (Lipinski definition) is 0. The Kier molecular flexibility index (Phi) is 5.18. The first-order valence-corrected chi connectivity index (χ1v) is 10.2. The van der Waals surface area contributed by atoms with Crippen molar-refractivity contribution in [1.82, 2.24) is 14.9 Å². The smallest absolute Gasteiger partial charge is 0.411 e. The topological polar surface area (TPSA) is 67.8 Å². The first-order valence-electron chi connectivity index (χ1n) is 9.43. The highest BCUT2D eigenvalue weighted by Crippen LogP contribution is 2.40. The maximum Gasteiger partial charge on any atom is 0.411 e. The van der Waals surface area contributed by atoms with Crippen molar-refractivity contribution in [1.29, 1.82) is 0 Å². The first-order chi connectivity index (χ1) is 14.1. The van der Waals surface area contributed by atoms with Gasteiger partial charge >= 0.3 is 6.09 Å². The molecule has 2 bridgehead atoms. The van der Waals surface area contributed by atoms with E-state index in [4.69, 9.17) is 32.7 Å². The van der Waals surface area contributed by atoms with Crippen LogP contribution in [0, 0.1) is 5.82 Å². The summed E-state index contributed by atoms with van der Waals surface area (Å²) >= 11 is 12.1. The van der Waals surface area contributed by atoms with Gasteiger partial charge < -0.3 is 14.4 Å². The molecule has 0 radical (unpaired) electrons. The molecule has 2 aliphatic rings. The third-order valence-corrected chi connectivity index (χ3v) is 5.44. The molecule has 0 aliphatic carbocycles. The molecule has 0 N–H and O–H groups in total. The van der Waals surface area contributed by atoms with E-state index >= 15 is 0 Å². The number of aromatic nitrogens is 2. The molecule has 1 fully saturated rings. The largest absolute Gasteiger partial charge is 0.496 e. The minimum Gasteiger partial charge on any atom is -0.496 e. The maximum atomic E-state index is 14.7. The average Bonchev–Trinajstić information content (AvgIpc) is 2.93. The molecule has 2 aliphatic heterocycles. The van der Waals surface area contributed by atoms with Crippen LogP contribution in [0.15, 0.2) is 18.2 Å². The molecule has 2 atom stereocenters. The fourth-order valence-corrected chi connectivity index (χ4v) is 4.18. The predicted molar refractivity (Wildman–Crippen MR) is 113 cm³/mol. The molecule has 1 aromatic carbocycles. The number of amides is 1. The van der Waals surface area contributed by atoms with E-state index < -0.39 is 11.4 Å². The highest BCUT2D eigenvalue weighted by Gasteiger charge is 2.42. The molecular weight excluding hydrogens is 434 g/mol. The van der Waals surface area contributed by atoms with E-state index in [1.54, 1.807) is 4.90 Å². The highest BCUT2D eigenvalue weighted by atomic mass is 35.5. The standard InChI is InChI=1S/C20H21Cl2FN4O3/c1-20(2,3)30-19(28)27-10-5-6-11(27)9-26(8-10)17-14-13(29-4)7-12(21)15(23)16(14)24-18(22)25-17/h5-7,10-11H,8-9H2,1-4H3. The van der Waals surface area contributed by atoms with Crippen LogP contribution in [-0.4, -0.2) is 58.8 Å². The molecule has 4 rings (SSSR count). The molecule has 160 valence electrons. The van der Waals surface area contributed by atoms with Crippen LogP contribution in [-0.2, 0) is 4.74 Å². The summed E-state index contributed by atoms with van der Waals surface area (Å²) in [6.07, 6.45) is 3.56. The Labute approximate surface area is 183 Å². The van der Waals surface area contributed by atoms with Gasteiger partial charge in [-0.05, 0) is 32.4 Å². The van der Waals surface area contributed by atoms with Gasteiger partial charge in [-0.3, -0.25) is 4.90 Å². The van der Waals surface area contributed by atoms with Crippen LogP contribution >= 0.6 is 23.2 Å². The van der Waals surface area contributed by atoms with Crippen molar-refractivity contribution in [2.45, 2.75) is 38.5 Å². The van der Waals surface area contributed by atoms with E-state index in [1.807, 2.05) is 37.8 Å². The molecule has 1 amide bonds. The second kappa shape index (κ2) is 7.42. The van der Waals surface area contributed by atoms with Crippen LogP contribution in [0.5, 0.6) is 5.75 Å². The van der Waals surface area contributed by atoms with Crippen molar-refractivity contribution in [3.05, 3.63) is 34.3 Å². The van der Waals surface area contributed by atoms with Crippen molar-refractivity contribution in [3.8, 4) is 5.75 Å². The maximum absolute atomic E-state index is 14.7. The molecule has 1 saturated heterocycles. The number of ether oxygens (including phenoxy) is 2. The second-order valence-electron chi connectivity index (χ2n) is 8.23. The summed E-state index contributed by atoms with van der Waals surface area (Å²) in [5.41, 5.74) is -0.599. The lowest BCUT2D eigenvalue weighted by atomic mass is 10.1. The van der Waals surface area contributed by atoms with E-state index in [-0.39, 0.29) is 34.0 Å². The zero-order chi connectivity index (χ0) is 21.8. The summed E-state index contributed by atoms with van der Waals surface area (Å²) in [5.74, 6) is 0.0874. The SMILES string of the molecule is COc1cc(Cl)c(F)c2nc(Cl)nc(N3CC4C=CC(C3)N4C(=O)OC(C)(C)C)c12. The van der Waals surface area contributed by atoms with Gasteiger partial charge in [0.2, 0.25) is 5.28 Å². The quantitative estimate of drug-likeness (QED) is 0.493. The Balaban J connectivity index is 1.72. The Bertz CT molecular complexity index is 1040. The third kappa shape index (κ3) is 3.63. The monoisotopic (exact) mass is 454 g/mol. The van der Waals surface area contributed by atoms with Gasteiger partial charge in [0.1, 0.15) is 22.7 Å². The fourth-order valence-electron chi connectivity index (χ4n) is 3.83. The van der Waals surface area contributed by atoms with Crippen LogP contribution in [0.4, 0.5) is 15.0 Å². The molecule has 3 heterocycles. The molecule has 2 aromatic rings. The van der Waals surface area contributed by atoms with E-state index in [0.29, 0.717) is 30.0 Å². The normalized spacial score (nSPS) is 20.8. The van der Waals surface area contributed by atoms with Crippen molar-refractivity contribution in [2.24, 2.45) is 0 Å². The molecule has 0 saturated carbocycles. The van der Waals surface area contributed by atoms with Gasteiger partial charge in [-0.2, -0.15) is 4.98 Å². The number of anilines is 1. The van der Waals surface area contributed by atoms with Gasteiger partial charge in [0.05, 0.1) is 29.6 Å². The van der Waals surface area contributed by atoms with Gasteiger partial charge in [0, 0.05) is 19.2 Å². The van der Waals surface area contributed by atoms with E-state index in [9.17, 15) is 9.18 Å². The van der Waals surface area contributed by atoms with Crippen molar-refractivity contribution in [3.63, 3.8) is 0 Å². The number of carbonyl (C=O) groups excluding carboxylic acids is 1. The number of fused-ring (bicyclic) bond motifs is 3. The highest BCUT2D eigenvalue weighted by molar-refractivity contribution is 6.32. The Morgan fingerprint density at radius 2 is 1.83 bits per heavy atom. The molecule has 10 heteroatoms. The van der Waals surface area contributed by atoms with Gasteiger partial charge in [0.15, 0.2) is 5.82 Å². The summed E-state index contributed by atoms with van der Waals surface area (Å²) < 4.78 is 25.7. The Hall–Kier alpha value is -2.32. The summed E-state index contributed by atoms with van der Waals surface area (Å²) in [6, 6.07) is 0.958. The summed E-state index contributed by atoms with van der Waals surface area (Å²) in [5, 5.41) is 0.168. The Morgan fingerprint density at radius 3 is 2.40 bits per heavy atom. The zero-order valence-corrected chi connectivity index (χ0v) is 18.5. The van der Waals surface area contributed by atoms with E-state index in [2.05, 4.69) is 9.97 Å². The lowest BCUT2D eigenvalue weighted by molar-refractivity contribution is 0.0146. The zero-order valence-electron chi connectivity index (χ0n) is 16.9. The van der Waals surface area contributed by atoms with E-state index in [1.165, 1.54) is 13.2 Å². The van der Waals surface area contributed by atoms with Gasteiger partial charge in [-0.15, -0.1) is 0 Å². The number of rotatable bonds is 2. The molecule has 7 nitrogen and oxygen atoms in total. The van der Waals surface area contributed by atoms with Crippen LogP contribution in [0.3, 0.4) is 0 Å². The lowest BCUT2D eigenvalue weighted by Crippen LogP contribution is -2.57. The van der Waals surface area contributed by atoms with Gasteiger partial charge in [-0.25, -0.2) is 14.2 Å². The number of halogens is 3. The van der Waals surface area contributed by atoms with Gasteiger partial charge in [0.25, 0.3) is 0 Å². The lowest BCUT2D eigenvalue weighted by Gasteiger charge is -2.42. The number of benzene rings is 1. The molecule has 30 heavy (non-hydrogen) atoms. The number of methoxy groups -OCH3 is 1. The first kappa shape index (κ1) is 20.9. The third-order valence-electron chi connectivity index (χ3n) is 4.99. The summed E-state index contributed by atoms with van der Waals surface area (Å²) in [4.78, 5) is 24.7. The number of carbonyl (C=O) groups is 1. The van der Waals surface area contributed by atoms with Crippen molar-refractivity contribution >= 4 is 46.0 Å². The van der Waals surface area contributed by atoms with Crippen LogP contribution < -0.4 is 9.64 Å². The summed E-state index contributed by atoms with van der Waals surface area (Å²) in [7, 11) is 1.47. The van der Waals surface area contributed by atoms with Crippen molar-refractivity contribution < 1.29 is 18.7 Å². The molecule has 1 aromatic heterocycles. The molecule has 0 spiro atoms. The van der Waals surface area contributed by atoms with Crippen molar-refractivity contribution in [2.75, 3.05) is 25.1 Å². The second-order valence-corrected chi connectivity index (χ2v) is 8.97. The van der Waals surface area contributed by atoms with Crippen LogP contribution in [0.2, 0.25) is 10.3 Å².